The molecule has 94 valence electrons. The first-order chi connectivity index (χ1) is 8.58. The fourth-order valence-corrected chi connectivity index (χ4v) is 1.33. The van der Waals surface area contributed by atoms with Crippen molar-refractivity contribution >= 4 is 5.91 Å². The van der Waals surface area contributed by atoms with E-state index in [1.807, 2.05) is 0 Å². The molecule has 0 fully saturated rings. The average Bonchev–Trinajstić information content (AvgIpc) is 2.76. The standard InChI is InChI=1S/C11H9F2N3O2/c1-6-4-15-8(18-6)5-16-11(17)7-2-3-14-10(13)9(7)12/h2-4H,5H2,1H3,(H,16,17). The normalized spacial score (nSPS) is 10.4. The van der Waals surface area contributed by atoms with Gasteiger partial charge in [0.2, 0.25) is 11.8 Å². The first-order valence-corrected chi connectivity index (χ1v) is 5.07. The monoisotopic (exact) mass is 253 g/mol. The molecule has 2 aromatic heterocycles. The highest BCUT2D eigenvalue weighted by atomic mass is 19.2. The number of rotatable bonds is 3. The second-order valence-electron chi connectivity index (χ2n) is 3.51. The van der Waals surface area contributed by atoms with Crippen LogP contribution < -0.4 is 5.32 Å². The minimum atomic E-state index is -1.31. The Morgan fingerprint density at radius 3 is 2.89 bits per heavy atom. The number of amides is 1. The first kappa shape index (κ1) is 12.2. The molecular weight excluding hydrogens is 244 g/mol. The van der Waals surface area contributed by atoms with E-state index in [1.165, 1.54) is 6.20 Å². The lowest BCUT2D eigenvalue weighted by Gasteiger charge is -2.03. The second-order valence-corrected chi connectivity index (χ2v) is 3.51. The predicted octanol–water partition coefficient (Wildman–Crippen LogP) is 1.59. The summed E-state index contributed by atoms with van der Waals surface area (Å²) in [6, 6.07) is 1.09. The first-order valence-electron chi connectivity index (χ1n) is 5.07. The number of aryl methyl sites for hydroxylation is 1. The molecule has 0 atom stereocenters. The Kier molecular flexibility index (Phi) is 3.31. The van der Waals surface area contributed by atoms with Crippen molar-refractivity contribution in [1.82, 2.24) is 15.3 Å². The molecule has 0 spiro atoms. The number of nitrogens with one attached hydrogen (secondary N) is 1. The summed E-state index contributed by atoms with van der Waals surface area (Å²) in [5.74, 6) is -2.46. The van der Waals surface area contributed by atoms with E-state index in [9.17, 15) is 13.6 Å². The fourth-order valence-electron chi connectivity index (χ4n) is 1.33. The van der Waals surface area contributed by atoms with E-state index < -0.39 is 23.2 Å². The number of pyridine rings is 1. The Hall–Kier alpha value is -2.31. The Labute approximate surface area is 101 Å². The quantitative estimate of drug-likeness (QED) is 0.843. The molecule has 2 rings (SSSR count). The van der Waals surface area contributed by atoms with Gasteiger partial charge in [-0.2, -0.15) is 4.39 Å². The van der Waals surface area contributed by atoms with Gasteiger partial charge in [-0.25, -0.2) is 14.4 Å². The summed E-state index contributed by atoms with van der Waals surface area (Å²) in [4.78, 5) is 18.5. The number of halogens is 2. The van der Waals surface area contributed by atoms with E-state index in [4.69, 9.17) is 4.42 Å². The Morgan fingerprint density at radius 1 is 1.44 bits per heavy atom. The van der Waals surface area contributed by atoms with Gasteiger partial charge in [0.25, 0.3) is 5.91 Å². The molecule has 0 aliphatic carbocycles. The van der Waals surface area contributed by atoms with Crippen molar-refractivity contribution in [3.8, 4) is 0 Å². The largest absolute Gasteiger partial charge is 0.444 e. The van der Waals surface area contributed by atoms with Crippen molar-refractivity contribution in [2.75, 3.05) is 0 Å². The van der Waals surface area contributed by atoms with E-state index in [0.717, 1.165) is 12.3 Å². The maximum absolute atomic E-state index is 13.2. The van der Waals surface area contributed by atoms with Gasteiger partial charge in [0, 0.05) is 6.20 Å². The lowest BCUT2D eigenvalue weighted by atomic mass is 10.2. The number of hydrogen-bond donors (Lipinski definition) is 1. The molecule has 0 aromatic carbocycles. The smallest absolute Gasteiger partial charge is 0.254 e. The van der Waals surface area contributed by atoms with Crippen molar-refractivity contribution in [2.24, 2.45) is 0 Å². The summed E-state index contributed by atoms with van der Waals surface area (Å²) in [6.07, 6.45) is 2.51. The third-order valence-electron chi connectivity index (χ3n) is 2.16. The molecule has 2 heterocycles. The van der Waals surface area contributed by atoms with Crippen LogP contribution in [0.5, 0.6) is 0 Å². The zero-order valence-corrected chi connectivity index (χ0v) is 9.41. The van der Waals surface area contributed by atoms with Gasteiger partial charge in [0.1, 0.15) is 5.76 Å². The molecule has 0 aliphatic rings. The number of carbonyl (C=O) groups is 1. The fraction of sp³-hybridized carbons (Fsp3) is 0.182. The van der Waals surface area contributed by atoms with E-state index in [-0.39, 0.29) is 12.4 Å². The van der Waals surface area contributed by atoms with Crippen LogP contribution in [0.25, 0.3) is 0 Å². The maximum atomic E-state index is 13.2. The molecule has 0 bridgehead atoms. The van der Waals surface area contributed by atoms with E-state index in [0.29, 0.717) is 5.76 Å². The highest BCUT2D eigenvalue weighted by Crippen LogP contribution is 2.09. The van der Waals surface area contributed by atoms with Crippen molar-refractivity contribution in [1.29, 1.82) is 0 Å². The third kappa shape index (κ3) is 2.50. The molecule has 18 heavy (non-hydrogen) atoms. The van der Waals surface area contributed by atoms with Crippen LogP contribution in [0.1, 0.15) is 22.0 Å². The Morgan fingerprint density at radius 2 is 2.22 bits per heavy atom. The third-order valence-corrected chi connectivity index (χ3v) is 2.16. The SMILES string of the molecule is Cc1cnc(CNC(=O)c2ccnc(F)c2F)o1. The second kappa shape index (κ2) is 4.91. The molecule has 1 N–H and O–H groups in total. The highest BCUT2D eigenvalue weighted by Gasteiger charge is 2.16. The summed E-state index contributed by atoms with van der Waals surface area (Å²) in [6.45, 7) is 1.70. The van der Waals surface area contributed by atoms with Crippen LogP contribution in [0.2, 0.25) is 0 Å². The predicted molar refractivity (Wildman–Crippen MR) is 56.6 cm³/mol. The molecule has 0 saturated carbocycles. The molecule has 1 amide bonds. The van der Waals surface area contributed by atoms with Gasteiger partial charge >= 0.3 is 0 Å². The summed E-state index contributed by atoms with van der Waals surface area (Å²) < 4.78 is 31.2. The van der Waals surface area contributed by atoms with Crippen LogP contribution in [-0.4, -0.2) is 15.9 Å². The molecule has 0 aliphatic heterocycles. The summed E-state index contributed by atoms with van der Waals surface area (Å²) in [7, 11) is 0. The van der Waals surface area contributed by atoms with Crippen LogP contribution in [0.3, 0.4) is 0 Å². The molecule has 0 radical (unpaired) electrons. The maximum Gasteiger partial charge on any atom is 0.254 e. The van der Waals surface area contributed by atoms with Gasteiger partial charge < -0.3 is 9.73 Å². The van der Waals surface area contributed by atoms with E-state index in [2.05, 4.69) is 15.3 Å². The molecule has 0 saturated heterocycles. The van der Waals surface area contributed by atoms with E-state index >= 15 is 0 Å². The van der Waals surface area contributed by atoms with E-state index in [1.54, 1.807) is 6.92 Å². The van der Waals surface area contributed by atoms with Gasteiger partial charge in [-0.3, -0.25) is 4.79 Å². The minimum Gasteiger partial charge on any atom is -0.444 e. The average molecular weight is 253 g/mol. The van der Waals surface area contributed by atoms with Gasteiger partial charge in [-0.15, -0.1) is 0 Å². The van der Waals surface area contributed by atoms with Crippen LogP contribution >= 0.6 is 0 Å². The molecule has 0 unspecified atom stereocenters. The summed E-state index contributed by atoms with van der Waals surface area (Å²) in [5, 5.41) is 2.37. The number of carbonyl (C=O) groups excluding carboxylic acids is 1. The molecular formula is C11H9F2N3O2. The lowest BCUT2D eigenvalue weighted by molar-refractivity contribution is 0.0941. The van der Waals surface area contributed by atoms with Gasteiger partial charge in [0.15, 0.2) is 5.82 Å². The summed E-state index contributed by atoms with van der Waals surface area (Å²) >= 11 is 0. The number of aromatic nitrogens is 2. The summed E-state index contributed by atoms with van der Waals surface area (Å²) in [5.41, 5.74) is -0.411. The highest BCUT2D eigenvalue weighted by molar-refractivity contribution is 5.94. The number of hydrogen-bond acceptors (Lipinski definition) is 4. The zero-order chi connectivity index (χ0) is 13.1. The van der Waals surface area contributed by atoms with Gasteiger partial charge in [-0.05, 0) is 13.0 Å². The van der Waals surface area contributed by atoms with Crippen LogP contribution in [0, 0.1) is 18.7 Å². The van der Waals surface area contributed by atoms with Crippen molar-refractivity contribution in [2.45, 2.75) is 13.5 Å². The van der Waals surface area contributed by atoms with Crippen LogP contribution in [0.4, 0.5) is 8.78 Å². The topological polar surface area (TPSA) is 68.0 Å². The number of nitrogens with zero attached hydrogens (tertiary/aromatic N) is 2. The van der Waals surface area contributed by atoms with Crippen molar-refractivity contribution < 1.29 is 18.0 Å². The lowest BCUT2D eigenvalue weighted by Crippen LogP contribution is -2.24. The van der Waals surface area contributed by atoms with Gasteiger partial charge in [-0.1, -0.05) is 0 Å². The minimum absolute atomic E-state index is 0.00391. The van der Waals surface area contributed by atoms with Crippen molar-refractivity contribution in [3.05, 3.63) is 47.4 Å². The Bertz CT molecular complexity index is 583. The van der Waals surface area contributed by atoms with Crippen LogP contribution in [0.15, 0.2) is 22.9 Å². The van der Waals surface area contributed by atoms with Crippen LogP contribution in [-0.2, 0) is 6.54 Å². The molecule has 7 heteroatoms. The molecule has 5 nitrogen and oxygen atoms in total. The molecule has 2 aromatic rings. The Balaban J connectivity index is 2.06. The number of oxazole rings is 1. The zero-order valence-electron chi connectivity index (χ0n) is 9.41. The van der Waals surface area contributed by atoms with Crippen molar-refractivity contribution in [3.63, 3.8) is 0 Å². The van der Waals surface area contributed by atoms with Gasteiger partial charge in [0.05, 0.1) is 18.3 Å².